The molecule has 2 aromatic carbocycles. The zero-order valence-electron chi connectivity index (χ0n) is 13.6. The van der Waals surface area contributed by atoms with Crippen LogP contribution in [0.1, 0.15) is 16.1 Å². The third kappa shape index (κ3) is 4.62. The van der Waals surface area contributed by atoms with E-state index >= 15 is 0 Å². The van der Waals surface area contributed by atoms with Crippen LogP contribution in [0.5, 0.6) is 0 Å². The van der Waals surface area contributed by atoms with E-state index in [0.29, 0.717) is 27.7 Å². The monoisotopic (exact) mass is 366 g/mol. The molecule has 0 aliphatic rings. The highest BCUT2D eigenvalue weighted by atomic mass is 35.5. The molecule has 1 aromatic heterocycles. The van der Waals surface area contributed by atoms with Gasteiger partial charge in [0.1, 0.15) is 5.76 Å². The number of halogens is 1. The quantitative estimate of drug-likeness (QED) is 0.635. The Hall–Kier alpha value is -3.31. The lowest BCUT2D eigenvalue weighted by Crippen LogP contribution is -2.13. The Kier molecular flexibility index (Phi) is 5.51. The maximum atomic E-state index is 12.3. The van der Waals surface area contributed by atoms with Crippen molar-refractivity contribution >= 4 is 40.9 Å². The van der Waals surface area contributed by atoms with Crippen molar-refractivity contribution in [3.63, 3.8) is 0 Å². The van der Waals surface area contributed by atoms with Crippen LogP contribution in [0.4, 0.5) is 11.4 Å². The van der Waals surface area contributed by atoms with Crippen LogP contribution in [-0.4, -0.2) is 11.8 Å². The van der Waals surface area contributed by atoms with E-state index in [0.717, 1.165) is 0 Å². The van der Waals surface area contributed by atoms with Gasteiger partial charge in [-0.2, -0.15) is 0 Å². The molecule has 0 fully saturated rings. The number of amides is 2. The predicted molar refractivity (Wildman–Crippen MR) is 102 cm³/mol. The molecule has 0 bridgehead atoms. The van der Waals surface area contributed by atoms with Gasteiger partial charge in [0, 0.05) is 17.5 Å². The summed E-state index contributed by atoms with van der Waals surface area (Å²) >= 11 is 6.03. The van der Waals surface area contributed by atoms with E-state index in [2.05, 4.69) is 10.6 Å². The van der Waals surface area contributed by atoms with Crippen molar-refractivity contribution in [3.8, 4) is 0 Å². The number of nitrogens with one attached hydrogen (secondary N) is 2. The Bertz CT molecular complexity index is 949. The second-order valence-corrected chi connectivity index (χ2v) is 5.76. The topological polar surface area (TPSA) is 71.3 Å². The SMILES string of the molecule is O=C(C=Cc1ccco1)Nc1cccc(NC(=O)c2ccccc2Cl)c1. The average Bonchev–Trinajstić information content (AvgIpc) is 3.14. The molecule has 5 nitrogen and oxygen atoms in total. The number of anilines is 2. The summed E-state index contributed by atoms with van der Waals surface area (Å²) in [7, 11) is 0. The Balaban J connectivity index is 1.65. The third-order valence-electron chi connectivity index (χ3n) is 3.45. The number of hydrogen-bond acceptors (Lipinski definition) is 3. The fraction of sp³-hybridized carbons (Fsp3) is 0. The lowest BCUT2D eigenvalue weighted by molar-refractivity contribution is -0.111. The number of rotatable bonds is 5. The summed E-state index contributed by atoms with van der Waals surface area (Å²) in [5.74, 6) is -0.0475. The second-order valence-electron chi connectivity index (χ2n) is 5.35. The smallest absolute Gasteiger partial charge is 0.257 e. The van der Waals surface area contributed by atoms with Crippen molar-refractivity contribution in [1.82, 2.24) is 0 Å². The second kappa shape index (κ2) is 8.18. The zero-order chi connectivity index (χ0) is 18.4. The van der Waals surface area contributed by atoms with Crippen molar-refractivity contribution in [2.45, 2.75) is 0 Å². The van der Waals surface area contributed by atoms with Crippen molar-refractivity contribution in [1.29, 1.82) is 0 Å². The molecule has 6 heteroatoms. The normalized spacial score (nSPS) is 10.7. The van der Waals surface area contributed by atoms with Gasteiger partial charge in [0.25, 0.3) is 5.91 Å². The standard InChI is InChI=1S/C20H15ClN2O3/c21-18-9-2-1-8-17(18)20(25)23-15-6-3-5-14(13-15)22-19(24)11-10-16-7-4-12-26-16/h1-13H,(H,22,24)(H,23,25). The molecule has 0 aliphatic carbocycles. The Morgan fingerprint density at radius 1 is 0.923 bits per heavy atom. The molecule has 0 aliphatic heterocycles. The summed E-state index contributed by atoms with van der Waals surface area (Å²) in [5.41, 5.74) is 1.48. The number of furan rings is 1. The summed E-state index contributed by atoms with van der Waals surface area (Å²) in [4.78, 5) is 24.3. The van der Waals surface area contributed by atoms with Crippen LogP contribution in [0, 0.1) is 0 Å². The molecule has 2 N–H and O–H groups in total. The molecule has 3 aromatic rings. The van der Waals surface area contributed by atoms with Gasteiger partial charge in [-0.25, -0.2) is 0 Å². The summed E-state index contributed by atoms with van der Waals surface area (Å²) < 4.78 is 5.12. The first-order valence-corrected chi connectivity index (χ1v) is 8.18. The molecule has 1 heterocycles. The Morgan fingerprint density at radius 2 is 1.69 bits per heavy atom. The Morgan fingerprint density at radius 3 is 2.42 bits per heavy atom. The van der Waals surface area contributed by atoms with Crippen LogP contribution in [0.3, 0.4) is 0 Å². The molecular formula is C20H15ClN2O3. The van der Waals surface area contributed by atoms with Crippen LogP contribution in [0.15, 0.2) is 77.4 Å². The number of hydrogen-bond donors (Lipinski definition) is 2. The molecule has 130 valence electrons. The fourth-order valence-electron chi connectivity index (χ4n) is 2.25. The maximum absolute atomic E-state index is 12.3. The lowest BCUT2D eigenvalue weighted by atomic mass is 10.2. The molecule has 3 rings (SSSR count). The maximum Gasteiger partial charge on any atom is 0.257 e. The largest absolute Gasteiger partial charge is 0.465 e. The molecule has 0 unspecified atom stereocenters. The molecule has 2 amide bonds. The summed E-state index contributed by atoms with van der Waals surface area (Å²) in [6.45, 7) is 0. The van der Waals surface area contributed by atoms with Gasteiger partial charge in [-0.1, -0.05) is 29.8 Å². The minimum Gasteiger partial charge on any atom is -0.465 e. The lowest BCUT2D eigenvalue weighted by Gasteiger charge is -2.09. The van der Waals surface area contributed by atoms with Gasteiger partial charge in [-0.05, 0) is 48.5 Å². The van der Waals surface area contributed by atoms with Crippen LogP contribution in [0.2, 0.25) is 5.02 Å². The van der Waals surface area contributed by atoms with Crippen LogP contribution >= 0.6 is 11.6 Å². The molecule has 0 radical (unpaired) electrons. The van der Waals surface area contributed by atoms with Gasteiger partial charge in [0.2, 0.25) is 5.91 Å². The molecular weight excluding hydrogens is 352 g/mol. The van der Waals surface area contributed by atoms with Crippen molar-refractivity contribution in [2.24, 2.45) is 0 Å². The van der Waals surface area contributed by atoms with Gasteiger partial charge >= 0.3 is 0 Å². The van der Waals surface area contributed by atoms with Gasteiger partial charge in [-0.15, -0.1) is 0 Å². The fourth-order valence-corrected chi connectivity index (χ4v) is 2.47. The summed E-state index contributed by atoms with van der Waals surface area (Å²) in [5, 5.41) is 5.86. The number of benzene rings is 2. The highest BCUT2D eigenvalue weighted by Crippen LogP contribution is 2.19. The highest BCUT2D eigenvalue weighted by Gasteiger charge is 2.10. The average molecular weight is 367 g/mol. The molecule has 26 heavy (non-hydrogen) atoms. The van der Waals surface area contributed by atoms with Crippen LogP contribution in [0.25, 0.3) is 6.08 Å². The van der Waals surface area contributed by atoms with Crippen molar-refractivity contribution in [2.75, 3.05) is 10.6 Å². The van der Waals surface area contributed by atoms with Crippen molar-refractivity contribution in [3.05, 3.63) is 89.3 Å². The van der Waals surface area contributed by atoms with Crippen molar-refractivity contribution < 1.29 is 14.0 Å². The van der Waals surface area contributed by atoms with Gasteiger partial charge in [-0.3, -0.25) is 9.59 Å². The molecule has 0 spiro atoms. The van der Waals surface area contributed by atoms with Gasteiger partial charge < -0.3 is 15.1 Å². The van der Waals surface area contributed by atoms with E-state index in [-0.39, 0.29) is 11.8 Å². The first kappa shape index (κ1) is 17.5. The summed E-state index contributed by atoms with van der Waals surface area (Å²) in [6.07, 6.45) is 4.47. The van der Waals surface area contributed by atoms with E-state index in [1.807, 2.05) is 0 Å². The van der Waals surface area contributed by atoms with Gasteiger partial charge in [0.05, 0.1) is 16.8 Å². The number of carbonyl (C=O) groups excluding carboxylic acids is 2. The minimum atomic E-state index is -0.322. The highest BCUT2D eigenvalue weighted by molar-refractivity contribution is 6.34. The van der Waals surface area contributed by atoms with Crippen LogP contribution < -0.4 is 10.6 Å². The Labute approximate surface area is 155 Å². The number of carbonyl (C=O) groups is 2. The first-order valence-electron chi connectivity index (χ1n) is 7.80. The summed E-state index contributed by atoms with van der Waals surface area (Å²) in [6, 6.07) is 17.1. The molecule has 0 saturated heterocycles. The molecule has 0 atom stereocenters. The molecule has 0 saturated carbocycles. The van der Waals surface area contributed by atoms with E-state index in [9.17, 15) is 9.59 Å². The van der Waals surface area contributed by atoms with E-state index in [1.165, 1.54) is 12.3 Å². The zero-order valence-corrected chi connectivity index (χ0v) is 14.4. The minimum absolute atomic E-state index is 0.309. The predicted octanol–water partition coefficient (Wildman–Crippen LogP) is 4.84. The van der Waals surface area contributed by atoms with E-state index < -0.39 is 0 Å². The third-order valence-corrected chi connectivity index (χ3v) is 3.78. The van der Waals surface area contributed by atoms with E-state index in [1.54, 1.807) is 66.7 Å². The first-order chi connectivity index (χ1) is 12.6. The van der Waals surface area contributed by atoms with E-state index in [4.69, 9.17) is 16.0 Å². The van der Waals surface area contributed by atoms with Crippen LogP contribution in [-0.2, 0) is 4.79 Å². The van der Waals surface area contributed by atoms with Gasteiger partial charge in [0.15, 0.2) is 0 Å².